The Kier molecular flexibility index (Phi) is 1.75. The Balaban J connectivity index is 2.75. The van der Waals surface area contributed by atoms with Crippen molar-refractivity contribution in [2.24, 2.45) is 10.8 Å². The van der Waals surface area contributed by atoms with Crippen LogP contribution < -0.4 is 11.2 Å². The van der Waals surface area contributed by atoms with E-state index < -0.39 is 17.4 Å². The Morgan fingerprint density at radius 1 is 1.75 bits per heavy atom. The van der Waals surface area contributed by atoms with Gasteiger partial charge < -0.3 is 10.8 Å². The molecule has 6 nitrogen and oxygen atoms in total. The summed E-state index contributed by atoms with van der Waals surface area (Å²) < 4.78 is 0. The van der Waals surface area contributed by atoms with Gasteiger partial charge in [-0.1, -0.05) is 0 Å². The predicted octanol–water partition coefficient (Wildman–Crippen LogP) is -1.34. The van der Waals surface area contributed by atoms with E-state index in [1.807, 2.05) is 0 Å². The fourth-order valence-corrected chi connectivity index (χ4v) is 0.870. The normalized spacial score (nSPS) is 27.6. The second kappa shape index (κ2) is 2.47. The number of hydrogen-bond donors (Lipinski definition) is 3. The molecule has 0 aromatic carbocycles. The quantitative estimate of drug-likeness (QED) is 0.478. The number of amides is 1. The molecule has 0 bridgehead atoms. The number of aliphatic carboxylic acids is 1. The van der Waals surface area contributed by atoms with Crippen LogP contribution in [0.5, 0.6) is 0 Å². The summed E-state index contributed by atoms with van der Waals surface area (Å²) in [6.07, 6.45) is 0.0255. The zero-order chi connectivity index (χ0) is 9.35. The van der Waals surface area contributed by atoms with Gasteiger partial charge in [0.1, 0.15) is 5.71 Å². The molecule has 1 aliphatic rings. The minimum Gasteiger partial charge on any atom is -0.479 e. The van der Waals surface area contributed by atoms with Gasteiger partial charge in [-0.05, 0) is 6.92 Å². The molecule has 12 heavy (non-hydrogen) atoms. The molecule has 0 aromatic rings. The smallest absolute Gasteiger partial charge is 0.331 e. The van der Waals surface area contributed by atoms with Crippen molar-refractivity contribution in [2.45, 2.75) is 18.9 Å². The van der Waals surface area contributed by atoms with E-state index in [1.54, 1.807) is 0 Å². The number of nitrogens with one attached hydrogen (secondary N) is 1. The van der Waals surface area contributed by atoms with E-state index in [-0.39, 0.29) is 12.1 Å². The summed E-state index contributed by atoms with van der Waals surface area (Å²) in [5.41, 5.74) is 6.15. The third-order valence-corrected chi connectivity index (χ3v) is 1.72. The van der Waals surface area contributed by atoms with Crippen LogP contribution in [0.4, 0.5) is 0 Å². The summed E-state index contributed by atoms with van der Waals surface area (Å²) in [6.45, 7) is 1.44. The van der Waals surface area contributed by atoms with Gasteiger partial charge in [-0.3, -0.25) is 10.2 Å². The number of nitrogens with zero attached hydrogens (tertiary/aromatic N) is 1. The first kappa shape index (κ1) is 8.51. The molecule has 0 saturated carbocycles. The van der Waals surface area contributed by atoms with Gasteiger partial charge >= 0.3 is 5.97 Å². The lowest BCUT2D eigenvalue weighted by atomic mass is 9.97. The van der Waals surface area contributed by atoms with E-state index in [2.05, 4.69) is 10.5 Å². The molecule has 1 aliphatic heterocycles. The molecule has 0 fully saturated rings. The molecule has 66 valence electrons. The largest absolute Gasteiger partial charge is 0.479 e. The van der Waals surface area contributed by atoms with E-state index in [0.717, 1.165) is 0 Å². The van der Waals surface area contributed by atoms with Crippen LogP contribution in [0.15, 0.2) is 5.10 Å². The zero-order valence-corrected chi connectivity index (χ0v) is 6.50. The fourth-order valence-electron chi connectivity index (χ4n) is 0.870. The monoisotopic (exact) mass is 171 g/mol. The maximum absolute atomic E-state index is 10.6. The maximum atomic E-state index is 10.6. The van der Waals surface area contributed by atoms with Gasteiger partial charge in [0, 0.05) is 6.42 Å². The molecule has 1 rings (SSSR count). The van der Waals surface area contributed by atoms with Crippen molar-refractivity contribution >= 4 is 17.6 Å². The van der Waals surface area contributed by atoms with Crippen LogP contribution in [0.3, 0.4) is 0 Å². The molecule has 1 unspecified atom stereocenters. The minimum absolute atomic E-state index is 0.0255. The third kappa shape index (κ3) is 1.23. The molecule has 1 atom stereocenters. The highest BCUT2D eigenvalue weighted by molar-refractivity contribution is 6.39. The summed E-state index contributed by atoms with van der Waals surface area (Å²) in [7, 11) is 0. The van der Waals surface area contributed by atoms with Crippen molar-refractivity contribution in [1.29, 1.82) is 0 Å². The van der Waals surface area contributed by atoms with Crippen molar-refractivity contribution in [2.75, 3.05) is 0 Å². The summed E-state index contributed by atoms with van der Waals surface area (Å²) in [4.78, 5) is 21.2. The summed E-state index contributed by atoms with van der Waals surface area (Å²) in [6, 6.07) is 0. The van der Waals surface area contributed by atoms with E-state index in [0.29, 0.717) is 0 Å². The number of rotatable bonds is 2. The highest BCUT2D eigenvalue weighted by atomic mass is 16.4. The topological polar surface area (TPSA) is 105 Å². The summed E-state index contributed by atoms with van der Waals surface area (Å²) in [5.74, 6) is -1.74. The first-order valence-corrected chi connectivity index (χ1v) is 3.32. The number of carboxylic acid groups (broad SMARTS) is 1. The average Bonchev–Trinajstić information content (AvgIpc) is 2.33. The number of hydrogen-bond acceptors (Lipinski definition) is 4. The Hall–Kier alpha value is -1.59. The van der Waals surface area contributed by atoms with Crippen LogP contribution in [0.1, 0.15) is 13.3 Å². The number of primary amides is 1. The second-order valence-electron chi connectivity index (χ2n) is 2.85. The van der Waals surface area contributed by atoms with Crippen molar-refractivity contribution in [3.8, 4) is 0 Å². The van der Waals surface area contributed by atoms with Crippen molar-refractivity contribution in [3.05, 3.63) is 0 Å². The lowest BCUT2D eigenvalue weighted by Gasteiger charge is -2.16. The van der Waals surface area contributed by atoms with Crippen molar-refractivity contribution in [3.63, 3.8) is 0 Å². The SMILES string of the molecule is CC1(C(=O)O)CC(C(N)=O)=NN1. The van der Waals surface area contributed by atoms with Crippen LogP contribution >= 0.6 is 0 Å². The average molecular weight is 171 g/mol. The van der Waals surface area contributed by atoms with Crippen molar-refractivity contribution in [1.82, 2.24) is 5.43 Å². The molecule has 1 amide bonds. The van der Waals surface area contributed by atoms with Crippen LogP contribution in [0.2, 0.25) is 0 Å². The molecule has 0 spiro atoms. The molecule has 0 radical (unpaired) electrons. The predicted molar refractivity (Wildman–Crippen MR) is 40.4 cm³/mol. The van der Waals surface area contributed by atoms with Crippen LogP contribution in [0.25, 0.3) is 0 Å². The summed E-state index contributed by atoms with van der Waals surface area (Å²) in [5, 5.41) is 12.2. The lowest BCUT2D eigenvalue weighted by Crippen LogP contribution is -2.44. The van der Waals surface area contributed by atoms with E-state index in [9.17, 15) is 9.59 Å². The van der Waals surface area contributed by atoms with E-state index in [1.165, 1.54) is 6.92 Å². The molecule has 6 heteroatoms. The van der Waals surface area contributed by atoms with Gasteiger partial charge in [-0.2, -0.15) is 5.10 Å². The highest BCUT2D eigenvalue weighted by Crippen LogP contribution is 2.16. The minimum atomic E-state index is -1.19. The Morgan fingerprint density at radius 2 is 2.33 bits per heavy atom. The van der Waals surface area contributed by atoms with E-state index in [4.69, 9.17) is 10.8 Å². The van der Waals surface area contributed by atoms with Gasteiger partial charge in [0.2, 0.25) is 0 Å². The lowest BCUT2D eigenvalue weighted by molar-refractivity contribution is -0.143. The van der Waals surface area contributed by atoms with Gasteiger partial charge in [-0.25, -0.2) is 4.79 Å². The Bertz CT molecular complexity index is 273. The summed E-state index contributed by atoms with van der Waals surface area (Å²) >= 11 is 0. The molecular formula is C6H9N3O3. The second-order valence-corrected chi connectivity index (χ2v) is 2.85. The molecule has 1 heterocycles. The molecule has 0 aliphatic carbocycles. The number of nitrogens with two attached hydrogens (primary N) is 1. The van der Waals surface area contributed by atoms with Gasteiger partial charge in [0.05, 0.1) is 0 Å². The van der Waals surface area contributed by atoms with Crippen LogP contribution in [-0.4, -0.2) is 28.2 Å². The molecule has 0 aromatic heterocycles. The number of carbonyl (C=O) groups excluding carboxylic acids is 1. The Labute approximate surface area is 68.4 Å². The zero-order valence-electron chi connectivity index (χ0n) is 6.50. The first-order chi connectivity index (χ1) is 5.46. The molecular weight excluding hydrogens is 162 g/mol. The number of hydrazone groups is 1. The number of carbonyl (C=O) groups is 2. The van der Waals surface area contributed by atoms with Gasteiger partial charge in [-0.15, -0.1) is 0 Å². The third-order valence-electron chi connectivity index (χ3n) is 1.72. The molecule has 4 N–H and O–H groups in total. The van der Waals surface area contributed by atoms with E-state index >= 15 is 0 Å². The number of carboxylic acids is 1. The Morgan fingerprint density at radius 3 is 2.58 bits per heavy atom. The fraction of sp³-hybridized carbons (Fsp3) is 0.500. The molecule has 0 saturated heterocycles. The first-order valence-electron chi connectivity index (χ1n) is 3.32. The maximum Gasteiger partial charge on any atom is 0.331 e. The van der Waals surface area contributed by atoms with Crippen molar-refractivity contribution < 1.29 is 14.7 Å². The highest BCUT2D eigenvalue weighted by Gasteiger charge is 2.40. The standard InChI is InChI=1S/C6H9N3O3/c1-6(5(11)12)2-3(4(7)10)8-9-6/h9H,2H2,1H3,(H2,7,10)(H,11,12). The van der Waals surface area contributed by atoms with Gasteiger partial charge in [0.15, 0.2) is 5.54 Å². The van der Waals surface area contributed by atoms with Crippen LogP contribution in [0, 0.1) is 0 Å². The van der Waals surface area contributed by atoms with Gasteiger partial charge in [0.25, 0.3) is 5.91 Å². The van der Waals surface area contributed by atoms with Crippen LogP contribution in [-0.2, 0) is 9.59 Å².